The van der Waals surface area contributed by atoms with E-state index in [1.807, 2.05) is 53.8 Å². The first-order valence-corrected chi connectivity index (χ1v) is 12.9. The van der Waals surface area contributed by atoms with E-state index in [0.29, 0.717) is 25.6 Å². The lowest BCUT2D eigenvalue weighted by atomic mass is 9.86. The van der Waals surface area contributed by atoms with Crippen LogP contribution in [0.15, 0.2) is 12.3 Å². The van der Waals surface area contributed by atoms with Crippen LogP contribution in [-0.4, -0.2) is 57.4 Å². The summed E-state index contributed by atoms with van der Waals surface area (Å²) >= 11 is 1.62. The van der Waals surface area contributed by atoms with E-state index >= 15 is 0 Å². The highest BCUT2D eigenvalue weighted by Gasteiger charge is 2.25. The molecular formula is C25H40N6O2S. The van der Waals surface area contributed by atoms with Gasteiger partial charge in [-0.1, -0.05) is 27.2 Å². The Morgan fingerprint density at radius 2 is 1.82 bits per heavy atom. The SMILES string of the molecule is CC.CCC(CCNc1nc(NCCOC)nc(C)c1-c1nc2c(C)nccc2s1)C(C)(C)O. The van der Waals surface area contributed by atoms with Gasteiger partial charge in [0.15, 0.2) is 0 Å². The Morgan fingerprint density at radius 3 is 2.44 bits per heavy atom. The smallest absolute Gasteiger partial charge is 0.224 e. The normalized spacial score (nSPS) is 12.3. The molecule has 34 heavy (non-hydrogen) atoms. The Hall–Kier alpha value is -2.36. The fourth-order valence-electron chi connectivity index (χ4n) is 3.81. The predicted molar refractivity (Wildman–Crippen MR) is 143 cm³/mol. The van der Waals surface area contributed by atoms with Crippen LogP contribution in [0.5, 0.6) is 0 Å². The molecular weight excluding hydrogens is 448 g/mol. The highest BCUT2D eigenvalue weighted by molar-refractivity contribution is 7.21. The van der Waals surface area contributed by atoms with Crippen LogP contribution in [0.2, 0.25) is 0 Å². The van der Waals surface area contributed by atoms with Gasteiger partial charge in [0.2, 0.25) is 5.95 Å². The summed E-state index contributed by atoms with van der Waals surface area (Å²) in [5.41, 5.74) is 2.85. The van der Waals surface area contributed by atoms with Gasteiger partial charge >= 0.3 is 0 Å². The molecule has 8 nitrogen and oxygen atoms in total. The van der Waals surface area contributed by atoms with E-state index in [9.17, 15) is 5.11 Å². The van der Waals surface area contributed by atoms with Crippen LogP contribution in [-0.2, 0) is 4.74 Å². The Balaban J connectivity index is 0.00000199. The van der Waals surface area contributed by atoms with Gasteiger partial charge in [0.05, 0.1) is 33.9 Å². The Labute approximate surface area is 207 Å². The highest BCUT2D eigenvalue weighted by atomic mass is 32.1. The zero-order valence-corrected chi connectivity index (χ0v) is 22.6. The molecule has 0 saturated heterocycles. The summed E-state index contributed by atoms with van der Waals surface area (Å²) in [7, 11) is 1.67. The molecule has 3 heterocycles. The summed E-state index contributed by atoms with van der Waals surface area (Å²) in [4.78, 5) is 18.7. The number of nitrogens with one attached hydrogen (secondary N) is 2. The fourth-order valence-corrected chi connectivity index (χ4v) is 4.92. The van der Waals surface area contributed by atoms with Gasteiger partial charge in [-0.2, -0.15) is 4.98 Å². The van der Waals surface area contributed by atoms with E-state index in [-0.39, 0.29) is 5.92 Å². The molecule has 3 aromatic rings. The average molecular weight is 489 g/mol. The molecule has 0 aromatic carbocycles. The summed E-state index contributed by atoms with van der Waals surface area (Å²) in [5.74, 6) is 1.49. The summed E-state index contributed by atoms with van der Waals surface area (Å²) in [6.45, 7) is 15.7. The quantitative estimate of drug-likeness (QED) is 0.306. The van der Waals surface area contributed by atoms with Gasteiger partial charge in [-0.25, -0.2) is 9.97 Å². The monoisotopic (exact) mass is 488 g/mol. The van der Waals surface area contributed by atoms with Crippen LogP contribution < -0.4 is 10.6 Å². The molecule has 188 valence electrons. The molecule has 0 saturated carbocycles. The Morgan fingerprint density at radius 1 is 1.09 bits per heavy atom. The van der Waals surface area contributed by atoms with Crippen molar-refractivity contribution in [1.29, 1.82) is 0 Å². The van der Waals surface area contributed by atoms with Crippen LogP contribution in [0.1, 0.15) is 58.8 Å². The predicted octanol–water partition coefficient (Wildman–Crippen LogP) is 5.45. The third-order valence-electron chi connectivity index (χ3n) is 5.66. The van der Waals surface area contributed by atoms with Crippen LogP contribution in [0.3, 0.4) is 0 Å². The molecule has 0 fully saturated rings. The van der Waals surface area contributed by atoms with Crippen molar-refractivity contribution in [3.05, 3.63) is 23.7 Å². The number of anilines is 2. The number of hydrogen-bond donors (Lipinski definition) is 3. The molecule has 0 aliphatic carbocycles. The van der Waals surface area contributed by atoms with Crippen LogP contribution in [0.4, 0.5) is 11.8 Å². The van der Waals surface area contributed by atoms with Crippen molar-refractivity contribution in [1.82, 2.24) is 19.9 Å². The van der Waals surface area contributed by atoms with E-state index in [0.717, 1.165) is 50.8 Å². The van der Waals surface area contributed by atoms with E-state index in [4.69, 9.17) is 14.7 Å². The molecule has 3 rings (SSSR count). The Kier molecular flexibility index (Phi) is 10.6. The van der Waals surface area contributed by atoms with Gasteiger partial charge in [-0.3, -0.25) is 4.98 Å². The topological polar surface area (TPSA) is 105 Å². The summed E-state index contributed by atoms with van der Waals surface area (Å²) < 4.78 is 6.22. The largest absolute Gasteiger partial charge is 0.390 e. The van der Waals surface area contributed by atoms with Crippen LogP contribution >= 0.6 is 11.3 Å². The molecule has 0 bridgehead atoms. The van der Waals surface area contributed by atoms with Crippen LogP contribution in [0.25, 0.3) is 20.8 Å². The van der Waals surface area contributed by atoms with Crippen molar-refractivity contribution >= 4 is 33.3 Å². The van der Waals surface area contributed by atoms with E-state index in [2.05, 4.69) is 27.5 Å². The highest BCUT2D eigenvalue weighted by Crippen LogP contribution is 2.36. The standard InChI is InChI=1S/C23H34N6O2S.C2H6/c1-7-16(23(4,5)30)8-10-25-20-18(14(2)27-22(29-20)26-12-13-31-6)21-28-19-15(3)24-11-9-17(19)32-21;1-2/h9,11,16,30H,7-8,10,12-13H2,1-6H3,(H2,25,26,27,29);1-2H3. The van der Waals surface area contributed by atoms with Gasteiger partial charge in [-0.15, -0.1) is 11.3 Å². The molecule has 0 aliphatic rings. The molecule has 1 atom stereocenters. The maximum absolute atomic E-state index is 10.4. The maximum Gasteiger partial charge on any atom is 0.224 e. The number of hydrogen-bond acceptors (Lipinski definition) is 9. The van der Waals surface area contributed by atoms with E-state index < -0.39 is 5.60 Å². The number of thiazole rings is 1. The van der Waals surface area contributed by atoms with E-state index in [1.165, 1.54) is 0 Å². The minimum absolute atomic E-state index is 0.192. The second-order valence-corrected chi connectivity index (χ2v) is 9.54. The Bertz CT molecular complexity index is 1050. The molecule has 3 N–H and O–H groups in total. The van der Waals surface area contributed by atoms with Crippen molar-refractivity contribution in [2.75, 3.05) is 37.4 Å². The number of aromatic nitrogens is 4. The molecule has 9 heteroatoms. The third kappa shape index (κ3) is 7.07. The maximum atomic E-state index is 10.4. The molecule has 0 radical (unpaired) electrons. The number of rotatable bonds is 11. The van der Waals surface area contributed by atoms with Gasteiger partial charge in [0, 0.05) is 26.4 Å². The number of pyridine rings is 1. The average Bonchev–Trinajstić information content (AvgIpc) is 3.22. The van der Waals surface area contributed by atoms with Gasteiger partial charge in [0.1, 0.15) is 16.3 Å². The van der Waals surface area contributed by atoms with Crippen molar-refractivity contribution in [2.45, 2.75) is 66.9 Å². The van der Waals surface area contributed by atoms with E-state index in [1.54, 1.807) is 18.4 Å². The first-order valence-electron chi connectivity index (χ1n) is 12.0. The lowest BCUT2D eigenvalue weighted by Gasteiger charge is -2.28. The first-order chi connectivity index (χ1) is 16.2. The second kappa shape index (κ2) is 12.9. The first kappa shape index (κ1) is 27.9. The minimum atomic E-state index is -0.717. The van der Waals surface area contributed by atoms with Crippen molar-refractivity contribution in [2.24, 2.45) is 5.92 Å². The van der Waals surface area contributed by atoms with Gasteiger partial charge < -0.3 is 20.5 Å². The summed E-state index contributed by atoms with van der Waals surface area (Å²) in [6, 6.07) is 1.99. The lowest BCUT2D eigenvalue weighted by molar-refractivity contribution is 0.0130. The molecule has 1 unspecified atom stereocenters. The molecule has 0 amide bonds. The molecule has 3 aromatic heterocycles. The van der Waals surface area contributed by atoms with Gasteiger partial charge in [0.25, 0.3) is 0 Å². The zero-order valence-electron chi connectivity index (χ0n) is 21.8. The van der Waals surface area contributed by atoms with Gasteiger partial charge in [-0.05, 0) is 46.1 Å². The number of methoxy groups -OCH3 is 1. The third-order valence-corrected chi connectivity index (χ3v) is 6.70. The second-order valence-electron chi connectivity index (χ2n) is 8.51. The number of aliphatic hydroxyl groups is 1. The number of aryl methyl sites for hydroxylation is 2. The number of fused-ring (bicyclic) bond motifs is 1. The van der Waals surface area contributed by atoms with Crippen molar-refractivity contribution < 1.29 is 9.84 Å². The lowest BCUT2D eigenvalue weighted by Crippen LogP contribution is -2.31. The zero-order chi connectivity index (χ0) is 25.3. The number of ether oxygens (including phenoxy) is 1. The number of nitrogens with zero attached hydrogens (tertiary/aromatic N) is 4. The summed E-state index contributed by atoms with van der Waals surface area (Å²) in [5, 5.41) is 18.0. The van der Waals surface area contributed by atoms with Crippen molar-refractivity contribution in [3.63, 3.8) is 0 Å². The molecule has 0 spiro atoms. The fraction of sp³-hybridized carbons (Fsp3) is 0.600. The van der Waals surface area contributed by atoms with Crippen molar-refractivity contribution in [3.8, 4) is 10.6 Å². The summed E-state index contributed by atoms with van der Waals surface area (Å²) in [6.07, 6.45) is 3.55. The van der Waals surface area contributed by atoms with Crippen LogP contribution in [0, 0.1) is 19.8 Å². The molecule has 0 aliphatic heterocycles. The minimum Gasteiger partial charge on any atom is -0.390 e.